The SMILES string of the molecule is Cc1cccc2c(=O)[nH]c(CSC3CCC(CN(C)C)CC3)nc12. The normalized spacial score (nSPS) is 21.5. The lowest BCUT2D eigenvalue weighted by atomic mass is 9.89. The van der Waals surface area contributed by atoms with E-state index in [1.807, 2.05) is 36.9 Å². The van der Waals surface area contributed by atoms with Gasteiger partial charge < -0.3 is 9.88 Å². The highest BCUT2D eigenvalue weighted by atomic mass is 32.2. The van der Waals surface area contributed by atoms with Crippen LogP contribution in [0.3, 0.4) is 0 Å². The fraction of sp³-hybridized carbons (Fsp3) is 0.579. The topological polar surface area (TPSA) is 49.0 Å². The van der Waals surface area contributed by atoms with Crippen molar-refractivity contribution in [3.8, 4) is 0 Å². The Hall–Kier alpha value is -1.33. The highest BCUT2D eigenvalue weighted by molar-refractivity contribution is 7.99. The van der Waals surface area contributed by atoms with Gasteiger partial charge in [-0.1, -0.05) is 12.1 Å². The Balaban J connectivity index is 1.61. The second-order valence-electron chi connectivity index (χ2n) is 7.20. The lowest BCUT2D eigenvalue weighted by Crippen LogP contribution is -2.26. The van der Waals surface area contributed by atoms with Crippen LogP contribution < -0.4 is 5.56 Å². The molecule has 3 rings (SSSR count). The Kier molecular flexibility index (Phi) is 5.61. The largest absolute Gasteiger partial charge is 0.309 e. The highest BCUT2D eigenvalue weighted by Crippen LogP contribution is 2.33. The Labute approximate surface area is 148 Å². The van der Waals surface area contributed by atoms with Gasteiger partial charge in [0, 0.05) is 11.8 Å². The maximum absolute atomic E-state index is 12.2. The Morgan fingerprint density at radius 3 is 2.71 bits per heavy atom. The molecule has 24 heavy (non-hydrogen) atoms. The maximum atomic E-state index is 12.2. The van der Waals surface area contributed by atoms with Crippen LogP contribution in [0.1, 0.15) is 37.1 Å². The molecular formula is C19H27N3OS. The molecule has 1 aliphatic carbocycles. The molecule has 2 aromatic rings. The number of nitrogens with one attached hydrogen (secondary N) is 1. The maximum Gasteiger partial charge on any atom is 0.258 e. The van der Waals surface area contributed by atoms with E-state index >= 15 is 0 Å². The number of benzene rings is 1. The smallest absolute Gasteiger partial charge is 0.258 e. The van der Waals surface area contributed by atoms with E-state index in [9.17, 15) is 4.79 Å². The van der Waals surface area contributed by atoms with Crippen LogP contribution >= 0.6 is 11.8 Å². The average molecular weight is 346 g/mol. The summed E-state index contributed by atoms with van der Waals surface area (Å²) in [7, 11) is 4.31. The lowest BCUT2D eigenvalue weighted by molar-refractivity contribution is 0.267. The monoisotopic (exact) mass is 345 g/mol. The van der Waals surface area contributed by atoms with Gasteiger partial charge in [0.05, 0.1) is 16.7 Å². The standard InChI is InChI=1S/C19H27N3OS/c1-13-5-4-6-16-18(13)20-17(21-19(16)23)12-24-15-9-7-14(8-10-15)11-22(2)3/h4-6,14-15H,7-12H2,1-3H3,(H,20,21,23). The summed E-state index contributed by atoms with van der Waals surface area (Å²) < 4.78 is 0. The van der Waals surface area contributed by atoms with E-state index in [2.05, 4.69) is 24.0 Å². The van der Waals surface area contributed by atoms with Gasteiger partial charge in [-0.15, -0.1) is 0 Å². The summed E-state index contributed by atoms with van der Waals surface area (Å²) in [5.74, 6) is 2.45. The van der Waals surface area contributed by atoms with Gasteiger partial charge in [-0.05, 0) is 64.3 Å². The highest BCUT2D eigenvalue weighted by Gasteiger charge is 2.22. The molecule has 0 radical (unpaired) electrons. The van der Waals surface area contributed by atoms with Gasteiger partial charge in [0.2, 0.25) is 0 Å². The molecule has 0 atom stereocenters. The third-order valence-electron chi connectivity index (χ3n) is 4.86. The van der Waals surface area contributed by atoms with Crippen LogP contribution in [0.5, 0.6) is 0 Å². The number of rotatable bonds is 5. The van der Waals surface area contributed by atoms with Gasteiger partial charge in [-0.2, -0.15) is 11.8 Å². The van der Waals surface area contributed by atoms with E-state index in [4.69, 9.17) is 4.98 Å². The van der Waals surface area contributed by atoms with E-state index in [0.29, 0.717) is 10.6 Å². The molecule has 0 amide bonds. The number of hydrogen-bond donors (Lipinski definition) is 1. The van der Waals surface area contributed by atoms with E-state index in [-0.39, 0.29) is 5.56 Å². The molecule has 1 aromatic heterocycles. The summed E-state index contributed by atoms with van der Waals surface area (Å²) in [5, 5.41) is 1.38. The minimum absolute atomic E-state index is 0.0195. The predicted octanol–water partition coefficient (Wildman–Crippen LogP) is 3.59. The van der Waals surface area contributed by atoms with Crippen molar-refractivity contribution >= 4 is 22.7 Å². The van der Waals surface area contributed by atoms with Crippen molar-refractivity contribution in [2.45, 2.75) is 43.6 Å². The van der Waals surface area contributed by atoms with Crippen LogP contribution in [0.4, 0.5) is 0 Å². The lowest BCUT2D eigenvalue weighted by Gasteiger charge is -2.29. The van der Waals surface area contributed by atoms with Crippen LogP contribution in [0.2, 0.25) is 0 Å². The Morgan fingerprint density at radius 1 is 1.25 bits per heavy atom. The van der Waals surface area contributed by atoms with Crippen molar-refractivity contribution in [3.63, 3.8) is 0 Å². The number of fused-ring (bicyclic) bond motifs is 1. The fourth-order valence-corrected chi connectivity index (χ4v) is 4.75. The van der Waals surface area contributed by atoms with E-state index in [0.717, 1.165) is 28.6 Å². The molecule has 0 aliphatic heterocycles. The van der Waals surface area contributed by atoms with Gasteiger partial charge in [-0.25, -0.2) is 4.98 Å². The third-order valence-corrected chi connectivity index (χ3v) is 6.24. The molecular weight excluding hydrogens is 318 g/mol. The Bertz CT molecular complexity index is 748. The number of aryl methyl sites for hydroxylation is 1. The van der Waals surface area contributed by atoms with Crippen LogP contribution in [0.15, 0.2) is 23.0 Å². The average Bonchev–Trinajstić information content (AvgIpc) is 2.55. The van der Waals surface area contributed by atoms with E-state index in [1.54, 1.807) is 0 Å². The van der Waals surface area contributed by atoms with Gasteiger partial charge in [0.25, 0.3) is 5.56 Å². The van der Waals surface area contributed by atoms with Crippen molar-refractivity contribution < 1.29 is 0 Å². The zero-order valence-corrected chi connectivity index (χ0v) is 15.7. The summed E-state index contributed by atoms with van der Waals surface area (Å²) >= 11 is 1.95. The number of aromatic amines is 1. The molecule has 0 spiro atoms. The van der Waals surface area contributed by atoms with E-state index in [1.165, 1.54) is 32.2 Å². The molecule has 1 heterocycles. The number of nitrogens with zero attached hydrogens (tertiary/aromatic N) is 2. The first-order valence-electron chi connectivity index (χ1n) is 8.78. The minimum Gasteiger partial charge on any atom is -0.309 e. The van der Waals surface area contributed by atoms with Gasteiger partial charge in [-0.3, -0.25) is 4.79 Å². The number of aromatic nitrogens is 2. The zero-order valence-electron chi connectivity index (χ0n) is 14.8. The second kappa shape index (κ2) is 7.70. The summed E-state index contributed by atoms with van der Waals surface area (Å²) in [6, 6.07) is 5.77. The van der Waals surface area contributed by atoms with Gasteiger partial charge in [0.1, 0.15) is 5.82 Å². The van der Waals surface area contributed by atoms with Crippen LogP contribution in [-0.2, 0) is 5.75 Å². The first kappa shape index (κ1) is 17.5. The van der Waals surface area contributed by atoms with Crippen molar-refractivity contribution in [1.82, 2.24) is 14.9 Å². The molecule has 0 bridgehead atoms. The predicted molar refractivity (Wildman–Crippen MR) is 103 cm³/mol. The Morgan fingerprint density at radius 2 is 2.00 bits per heavy atom. The first-order valence-corrected chi connectivity index (χ1v) is 9.82. The minimum atomic E-state index is -0.0195. The molecule has 0 unspecified atom stereocenters. The van der Waals surface area contributed by atoms with E-state index < -0.39 is 0 Å². The molecule has 1 aliphatic rings. The number of thioether (sulfide) groups is 1. The van der Waals surface area contributed by atoms with Crippen LogP contribution in [0, 0.1) is 12.8 Å². The molecule has 5 heteroatoms. The molecule has 1 aromatic carbocycles. The number of para-hydroxylation sites is 1. The molecule has 130 valence electrons. The van der Waals surface area contributed by atoms with Crippen molar-refractivity contribution in [1.29, 1.82) is 0 Å². The van der Waals surface area contributed by atoms with Crippen LogP contribution in [-0.4, -0.2) is 40.8 Å². The number of hydrogen-bond acceptors (Lipinski definition) is 4. The molecule has 1 N–H and O–H groups in total. The molecule has 1 fully saturated rings. The summed E-state index contributed by atoms with van der Waals surface area (Å²) in [6.45, 7) is 3.22. The van der Waals surface area contributed by atoms with Gasteiger partial charge >= 0.3 is 0 Å². The van der Waals surface area contributed by atoms with Crippen molar-refractivity contribution in [2.75, 3.05) is 20.6 Å². The summed E-state index contributed by atoms with van der Waals surface area (Å²) in [6.07, 6.45) is 5.19. The first-order chi connectivity index (χ1) is 11.5. The third kappa shape index (κ3) is 4.19. The second-order valence-corrected chi connectivity index (χ2v) is 8.49. The molecule has 0 saturated heterocycles. The van der Waals surface area contributed by atoms with Crippen molar-refractivity contribution in [3.05, 3.63) is 39.9 Å². The quantitative estimate of drug-likeness (QED) is 0.900. The zero-order chi connectivity index (χ0) is 17.1. The van der Waals surface area contributed by atoms with Crippen molar-refractivity contribution in [2.24, 2.45) is 5.92 Å². The molecule has 1 saturated carbocycles. The number of H-pyrrole nitrogens is 1. The van der Waals surface area contributed by atoms with Crippen LogP contribution in [0.25, 0.3) is 10.9 Å². The molecule has 4 nitrogen and oxygen atoms in total. The summed E-state index contributed by atoms with van der Waals surface area (Å²) in [5.41, 5.74) is 1.88. The van der Waals surface area contributed by atoms with Gasteiger partial charge in [0.15, 0.2) is 0 Å². The fourth-order valence-electron chi connectivity index (χ4n) is 3.61. The summed E-state index contributed by atoms with van der Waals surface area (Å²) in [4.78, 5) is 22.2.